The van der Waals surface area contributed by atoms with Crippen LogP contribution in [0.5, 0.6) is 5.75 Å². The van der Waals surface area contributed by atoms with Crippen LogP contribution in [0.3, 0.4) is 0 Å². The predicted octanol–water partition coefficient (Wildman–Crippen LogP) is 4.81. The van der Waals surface area contributed by atoms with Gasteiger partial charge in [0.1, 0.15) is 29.2 Å². The summed E-state index contributed by atoms with van der Waals surface area (Å²) in [6.45, 7) is 4.95. The molecule has 2 aromatic heterocycles. The highest BCUT2D eigenvalue weighted by Crippen LogP contribution is 2.32. The van der Waals surface area contributed by atoms with E-state index in [9.17, 15) is 30.8 Å². The topological polar surface area (TPSA) is 163 Å². The second-order valence-electron chi connectivity index (χ2n) is 9.11. The molecule has 1 atom stereocenters. The summed E-state index contributed by atoms with van der Waals surface area (Å²) in [5.74, 6) is -2.21. The second-order valence-corrected chi connectivity index (χ2v) is 10.7. The average molecular weight is 589 g/mol. The van der Waals surface area contributed by atoms with Crippen molar-refractivity contribution in [2.45, 2.75) is 38.0 Å². The van der Waals surface area contributed by atoms with E-state index in [1.807, 2.05) is 13.8 Å². The first-order chi connectivity index (χ1) is 18.1. The molecule has 0 unspecified atom stereocenters. The van der Waals surface area contributed by atoms with Gasteiger partial charge in [0.05, 0.1) is 17.9 Å². The monoisotopic (exact) mass is 588 g/mol. The fourth-order valence-electron chi connectivity index (χ4n) is 3.32. The first-order valence-corrected chi connectivity index (χ1v) is 13.1. The summed E-state index contributed by atoms with van der Waals surface area (Å²) < 4.78 is 87.8. The summed E-state index contributed by atoms with van der Waals surface area (Å²) in [5.41, 5.74) is 5.24. The SMILES string of the molecule is CC(C)COc1cc(F)cc(-c2ccc(C(=O)NS(=O)(=O)c3cccc(N)n3)c(N(C)[C@H](C)C(F)(F)F)n2)c1.N.[HH]. The van der Waals surface area contributed by atoms with Crippen LogP contribution in [0.2, 0.25) is 0 Å². The molecule has 0 aliphatic heterocycles. The van der Waals surface area contributed by atoms with Gasteiger partial charge in [0.2, 0.25) is 0 Å². The number of nitrogens with zero attached hydrogens (tertiary/aromatic N) is 3. The molecular weight excluding hydrogens is 556 g/mol. The van der Waals surface area contributed by atoms with Crippen molar-refractivity contribution in [1.82, 2.24) is 20.8 Å². The molecule has 0 spiro atoms. The summed E-state index contributed by atoms with van der Waals surface area (Å²) >= 11 is 0. The second kappa shape index (κ2) is 12.5. The molecule has 3 rings (SSSR count). The van der Waals surface area contributed by atoms with Crippen LogP contribution in [-0.2, 0) is 10.0 Å². The number of nitrogens with one attached hydrogen (secondary N) is 1. The Morgan fingerprint density at radius 3 is 2.40 bits per heavy atom. The van der Waals surface area contributed by atoms with Gasteiger partial charge in [-0.25, -0.2) is 19.1 Å². The number of sulfonamides is 1. The van der Waals surface area contributed by atoms with E-state index in [0.717, 1.165) is 38.2 Å². The van der Waals surface area contributed by atoms with Gasteiger partial charge in [0, 0.05) is 20.1 Å². The molecule has 10 nitrogen and oxygen atoms in total. The molecule has 1 aromatic carbocycles. The quantitative estimate of drug-likeness (QED) is 0.298. The third-order valence-corrected chi connectivity index (χ3v) is 6.74. The number of amides is 1. The molecule has 0 radical (unpaired) electrons. The number of anilines is 2. The highest BCUT2D eigenvalue weighted by atomic mass is 32.2. The van der Waals surface area contributed by atoms with Crippen molar-refractivity contribution in [1.29, 1.82) is 0 Å². The molecule has 3 aromatic rings. The highest BCUT2D eigenvalue weighted by Gasteiger charge is 2.40. The lowest BCUT2D eigenvalue weighted by Gasteiger charge is -2.29. The summed E-state index contributed by atoms with van der Waals surface area (Å²) in [6.07, 6.45) is -4.71. The van der Waals surface area contributed by atoms with Gasteiger partial charge in [-0.05, 0) is 49.2 Å². The number of aromatic nitrogens is 2. The minimum absolute atomic E-state index is 0. The Morgan fingerprint density at radius 2 is 1.80 bits per heavy atom. The van der Waals surface area contributed by atoms with E-state index in [1.165, 1.54) is 24.3 Å². The van der Waals surface area contributed by atoms with Crippen LogP contribution in [0.15, 0.2) is 53.6 Å². The van der Waals surface area contributed by atoms with Gasteiger partial charge in [-0.3, -0.25) is 4.79 Å². The van der Waals surface area contributed by atoms with Crippen molar-refractivity contribution < 1.29 is 36.9 Å². The molecular formula is C25H32F4N6O4S. The zero-order valence-corrected chi connectivity index (χ0v) is 23.0. The molecule has 0 aliphatic carbocycles. The summed E-state index contributed by atoms with van der Waals surface area (Å²) in [4.78, 5) is 21.6. The lowest BCUT2D eigenvalue weighted by molar-refractivity contribution is -0.144. The van der Waals surface area contributed by atoms with Crippen molar-refractivity contribution in [2.75, 3.05) is 24.3 Å². The number of benzene rings is 1. The standard InChI is InChI=1S/C25H27F4N5O4S.H3N.H2/c1-14(2)13-38-18-11-16(10-17(26)12-18)20-9-8-19(23(31-20)34(4)15(3)25(27,28)29)24(35)33-39(36,37)22-7-5-6-21(30)32-22;;/h5-12,14-15H,13H2,1-4H3,(H2,30,32)(H,33,35);1H3;1H/t15-;;/m1../s1. The molecule has 0 aliphatic rings. The Hall–Kier alpha value is -3.98. The Morgan fingerprint density at radius 1 is 1.12 bits per heavy atom. The van der Waals surface area contributed by atoms with Gasteiger partial charge < -0.3 is 21.5 Å². The number of nitrogen functional groups attached to an aromatic ring is 1. The van der Waals surface area contributed by atoms with Crippen molar-refractivity contribution in [2.24, 2.45) is 5.92 Å². The third kappa shape index (κ3) is 7.79. The van der Waals surface area contributed by atoms with Crippen LogP contribution < -0.4 is 26.2 Å². The third-order valence-electron chi connectivity index (χ3n) is 5.51. The van der Waals surface area contributed by atoms with Crippen molar-refractivity contribution in [3.8, 4) is 17.0 Å². The van der Waals surface area contributed by atoms with Gasteiger partial charge in [-0.15, -0.1) is 0 Å². The average Bonchev–Trinajstić information content (AvgIpc) is 2.85. The van der Waals surface area contributed by atoms with Crippen LogP contribution in [0.25, 0.3) is 11.3 Å². The van der Waals surface area contributed by atoms with E-state index in [-0.39, 0.29) is 36.3 Å². The maximum absolute atomic E-state index is 14.4. The number of carbonyl (C=O) groups excluding carboxylic acids is 1. The number of rotatable bonds is 9. The Balaban J connectivity index is 0.00000420. The smallest absolute Gasteiger partial charge is 0.408 e. The van der Waals surface area contributed by atoms with Crippen LogP contribution in [0, 0.1) is 11.7 Å². The largest absolute Gasteiger partial charge is 0.493 e. The van der Waals surface area contributed by atoms with Gasteiger partial charge in [-0.1, -0.05) is 19.9 Å². The summed E-state index contributed by atoms with van der Waals surface area (Å²) in [7, 11) is -3.48. The number of carbonyl (C=O) groups is 1. The minimum atomic E-state index is -4.71. The zero-order chi connectivity index (χ0) is 29.1. The number of pyridine rings is 2. The van der Waals surface area contributed by atoms with E-state index in [2.05, 4.69) is 9.97 Å². The predicted molar refractivity (Wildman–Crippen MR) is 144 cm³/mol. The van der Waals surface area contributed by atoms with Crippen LogP contribution in [0.1, 0.15) is 32.6 Å². The summed E-state index contributed by atoms with van der Waals surface area (Å²) in [5, 5.41) is -0.562. The van der Waals surface area contributed by atoms with Gasteiger partial charge in [0.15, 0.2) is 5.03 Å². The van der Waals surface area contributed by atoms with Gasteiger partial charge >= 0.3 is 6.18 Å². The van der Waals surface area contributed by atoms with Crippen molar-refractivity contribution >= 4 is 27.6 Å². The van der Waals surface area contributed by atoms with Crippen molar-refractivity contribution in [3.63, 3.8) is 0 Å². The van der Waals surface area contributed by atoms with E-state index < -0.39 is 50.4 Å². The molecule has 0 saturated carbocycles. The number of ether oxygens (including phenoxy) is 1. The first kappa shape index (κ1) is 32.2. The van der Waals surface area contributed by atoms with E-state index in [1.54, 1.807) is 4.72 Å². The number of halogens is 4. The molecule has 2 heterocycles. The Bertz CT molecular complexity index is 1470. The van der Waals surface area contributed by atoms with Crippen LogP contribution in [-0.4, -0.2) is 50.2 Å². The van der Waals surface area contributed by atoms with E-state index >= 15 is 0 Å². The maximum atomic E-state index is 14.4. The fourth-order valence-corrected chi connectivity index (χ4v) is 4.27. The molecule has 0 fully saturated rings. The molecule has 1 amide bonds. The van der Waals surface area contributed by atoms with Gasteiger partial charge in [0.25, 0.3) is 15.9 Å². The highest BCUT2D eigenvalue weighted by molar-refractivity contribution is 7.90. The van der Waals surface area contributed by atoms with Crippen LogP contribution >= 0.6 is 0 Å². The number of alkyl halides is 3. The van der Waals surface area contributed by atoms with Crippen LogP contribution in [0.4, 0.5) is 29.2 Å². The molecule has 6 N–H and O–H groups in total. The normalized spacial score (nSPS) is 12.4. The number of hydrogen-bond acceptors (Lipinski definition) is 9. The lowest BCUT2D eigenvalue weighted by atomic mass is 10.1. The molecule has 0 bridgehead atoms. The number of hydrogen-bond donors (Lipinski definition) is 3. The van der Waals surface area contributed by atoms with E-state index in [4.69, 9.17) is 10.5 Å². The minimum Gasteiger partial charge on any atom is -0.493 e. The van der Waals surface area contributed by atoms with Gasteiger partial charge in [-0.2, -0.15) is 21.6 Å². The summed E-state index contributed by atoms with van der Waals surface area (Å²) in [6, 6.07) is 7.71. The number of nitrogens with two attached hydrogens (primary N) is 1. The molecule has 220 valence electrons. The molecule has 15 heteroatoms. The van der Waals surface area contributed by atoms with E-state index in [0.29, 0.717) is 11.5 Å². The molecule has 40 heavy (non-hydrogen) atoms. The Labute approximate surface area is 230 Å². The van der Waals surface area contributed by atoms with Crippen molar-refractivity contribution in [3.05, 3.63) is 59.9 Å². The lowest BCUT2D eigenvalue weighted by Crippen LogP contribution is -2.43. The maximum Gasteiger partial charge on any atom is 0.408 e. The Kier molecular flexibility index (Phi) is 10.0. The fraction of sp³-hybridized carbons (Fsp3) is 0.320. The molecule has 0 saturated heterocycles. The zero-order valence-electron chi connectivity index (χ0n) is 22.2. The first-order valence-electron chi connectivity index (χ1n) is 11.6.